The molecule has 4 aliphatic rings. The first-order chi connectivity index (χ1) is 35.7. The zero-order valence-corrected chi connectivity index (χ0v) is 39.7. The van der Waals surface area contributed by atoms with Crippen LogP contribution in [0.2, 0.25) is 0 Å². The number of anilines is 3. The van der Waals surface area contributed by atoms with E-state index in [0.717, 1.165) is 72.8 Å². The molecule has 16 rings (SSSR count). The van der Waals surface area contributed by atoms with Gasteiger partial charge >= 0.3 is 0 Å². The van der Waals surface area contributed by atoms with E-state index >= 15 is 0 Å². The third-order valence-corrected chi connectivity index (χ3v) is 17.2. The van der Waals surface area contributed by atoms with Gasteiger partial charge in [0.05, 0.1) is 10.8 Å². The fraction of sp³-hybridized carbons (Fsp3) is 0.0294. The number of hydrogen-bond donors (Lipinski definition) is 0. The Kier molecular flexibility index (Phi) is 8.24. The van der Waals surface area contributed by atoms with Gasteiger partial charge in [0, 0.05) is 48.8 Å². The van der Waals surface area contributed by atoms with Gasteiger partial charge in [-0.25, -0.2) is 0 Å². The molecule has 3 heterocycles. The highest BCUT2D eigenvalue weighted by Crippen LogP contribution is 2.65. The Morgan fingerprint density at radius 2 is 0.792 bits per heavy atom. The Morgan fingerprint density at radius 3 is 1.50 bits per heavy atom. The summed E-state index contributed by atoms with van der Waals surface area (Å²) in [5.41, 5.74) is 21.4. The van der Waals surface area contributed by atoms with Gasteiger partial charge in [0.2, 0.25) is 0 Å². The minimum atomic E-state index is -0.560. The van der Waals surface area contributed by atoms with Gasteiger partial charge in [0.15, 0.2) is 0 Å². The maximum absolute atomic E-state index is 6.69. The van der Waals surface area contributed by atoms with Gasteiger partial charge < -0.3 is 14.1 Å². The van der Waals surface area contributed by atoms with Crippen LogP contribution in [0.3, 0.4) is 0 Å². The first-order valence-corrected chi connectivity index (χ1v) is 25.5. The van der Waals surface area contributed by atoms with Crippen molar-refractivity contribution in [3.05, 3.63) is 293 Å². The lowest BCUT2D eigenvalue weighted by atomic mass is 9.66. The molecule has 0 saturated carbocycles. The molecule has 12 aromatic rings. The van der Waals surface area contributed by atoms with Crippen molar-refractivity contribution in [2.75, 3.05) is 4.90 Å². The number of hydrogen-bond acceptors (Lipinski definition) is 4. The van der Waals surface area contributed by atoms with Crippen LogP contribution in [0.5, 0.6) is 11.5 Å². The molecule has 11 aromatic carbocycles. The van der Waals surface area contributed by atoms with Crippen LogP contribution in [0.15, 0.2) is 263 Å². The van der Waals surface area contributed by atoms with E-state index in [9.17, 15) is 0 Å². The second kappa shape index (κ2) is 14.8. The van der Waals surface area contributed by atoms with Gasteiger partial charge in [-0.15, -0.1) is 0 Å². The molecule has 2 aliphatic heterocycles. The molecule has 1 aromatic heterocycles. The summed E-state index contributed by atoms with van der Waals surface area (Å²) in [4.78, 5) is 5.06. The predicted octanol–water partition coefficient (Wildman–Crippen LogP) is 18.0. The number of rotatable bonds is 4. The molecule has 0 atom stereocenters. The van der Waals surface area contributed by atoms with Crippen LogP contribution in [0.4, 0.5) is 17.1 Å². The van der Waals surface area contributed by atoms with E-state index in [1.807, 2.05) is 23.9 Å². The molecule has 0 radical (unpaired) electrons. The number of benzene rings is 11. The number of para-hydroxylation sites is 3. The molecule has 0 amide bonds. The van der Waals surface area contributed by atoms with E-state index in [2.05, 4.69) is 241 Å². The molecule has 0 N–H and O–H groups in total. The molecular formula is C68H41NO2S. The first-order valence-electron chi connectivity index (χ1n) is 24.7. The smallest absolute Gasteiger partial charge is 0.135 e. The summed E-state index contributed by atoms with van der Waals surface area (Å²) in [6.45, 7) is 0. The highest BCUT2D eigenvalue weighted by atomic mass is 32.2. The van der Waals surface area contributed by atoms with Crippen LogP contribution in [0, 0.1) is 0 Å². The molecule has 0 unspecified atom stereocenters. The third kappa shape index (κ3) is 5.26. The summed E-state index contributed by atoms with van der Waals surface area (Å²) in [7, 11) is 0. The highest BCUT2D eigenvalue weighted by Gasteiger charge is 2.52. The van der Waals surface area contributed by atoms with Crippen LogP contribution in [-0.2, 0) is 10.8 Å². The second-order valence-electron chi connectivity index (χ2n) is 19.4. The highest BCUT2D eigenvalue weighted by molar-refractivity contribution is 7.99. The number of nitrogens with zero attached hydrogens (tertiary/aromatic N) is 1. The maximum Gasteiger partial charge on any atom is 0.135 e. The standard InChI is InChI=1S/C68H41NO2S/c1-4-18-53-47(15-1)49-36-34-46(41-60(49)68(53)58-22-8-13-27-65(58)72-66-28-14-9-23-59(66)68)69(44-32-29-42(30-33-44)43-31-38-62-52(39-43)50-17-3-10-24-61(50)70-62)45-35-37-55-51(40-45)48-16-2-5-19-54(48)67(55)56-20-6-11-25-63(56)71-64-26-12-7-21-57(64)67/h1-41H. The Morgan fingerprint density at radius 1 is 0.306 bits per heavy atom. The third-order valence-electron chi connectivity index (χ3n) is 16.0. The summed E-state index contributed by atoms with van der Waals surface area (Å²) >= 11 is 1.88. The molecular weight excluding hydrogens is 895 g/mol. The lowest BCUT2D eigenvalue weighted by Crippen LogP contribution is -2.32. The van der Waals surface area contributed by atoms with Crippen molar-refractivity contribution in [2.45, 2.75) is 20.6 Å². The van der Waals surface area contributed by atoms with E-state index in [-0.39, 0.29) is 0 Å². The van der Waals surface area contributed by atoms with Crippen LogP contribution in [0.25, 0.3) is 55.3 Å². The van der Waals surface area contributed by atoms with E-state index in [0.29, 0.717) is 0 Å². The summed E-state index contributed by atoms with van der Waals surface area (Å²) in [6, 6.07) is 91.7. The van der Waals surface area contributed by atoms with Gasteiger partial charge in [-0.3, -0.25) is 0 Å². The SMILES string of the molecule is c1ccc2c(c1)Oc1ccccc1C21c2ccccc2-c2cc(N(c3ccc(-c4ccc5oc6ccccc6c5c4)cc3)c3ccc4c(c3)C3(c5ccccc5Sc5ccccc53)c3ccccc3-4)ccc21. The summed E-state index contributed by atoms with van der Waals surface area (Å²) in [6.07, 6.45) is 0. The number of furan rings is 1. The molecule has 4 heteroatoms. The summed E-state index contributed by atoms with van der Waals surface area (Å²) < 4.78 is 12.9. The van der Waals surface area contributed by atoms with Gasteiger partial charge in [0.1, 0.15) is 22.7 Å². The Labute approximate surface area is 421 Å². The predicted molar refractivity (Wildman–Crippen MR) is 293 cm³/mol. The van der Waals surface area contributed by atoms with Gasteiger partial charge in [-0.05, 0) is 146 Å². The topological polar surface area (TPSA) is 25.6 Å². The fourth-order valence-corrected chi connectivity index (χ4v) is 14.3. The fourth-order valence-electron chi connectivity index (χ4n) is 13.1. The van der Waals surface area contributed by atoms with Crippen molar-refractivity contribution in [3.8, 4) is 44.9 Å². The van der Waals surface area contributed by atoms with Gasteiger partial charge in [-0.1, -0.05) is 182 Å². The number of ether oxygens (including phenoxy) is 1. The molecule has 3 nitrogen and oxygen atoms in total. The maximum atomic E-state index is 6.69. The van der Waals surface area contributed by atoms with Crippen LogP contribution in [0.1, 0.15) is 44.5 Å². The Bertz CT molecular complexity index is 4170. The molecule has 72 heavy (non-hydrogen) atoms. The van der Waals surface area contributed by atoms with Crippen LogP contribution >= 0.6 is 11.8 Å². The van der Waals surface area contributed by atoms with Crippen molar-refractivity contribution < 1.29 is 9.15 Å². The largest absolute Gasteiger partial charge is 0.457 e. The average Bonchev–Trinajstić information content (AvgIpc) is 4.07. The zero-order chi connectivity index (χ0) is 47.1. The lowest BCUT2D eigenvalue weighted by molar-refractivity contribution is 0.436. The van der Waals surface area contributed by atoms with Crippen molar-refractivity contribution in [2.24, 2.45) is 0 Å². The molecule has 0 fully saturated rings. The molecule has 2 aliphatic carbocycles. The molecule has 0 saturated heterocycles. The molecule has 336 valence electrons. The zero-order valence-electron chi connectivity index (χ0n) is 38.8. The van der Waals surface area contributed by atoms with Gasteiger partial charge in [0.25, 0.3) is 0 Å². The van der Waals surface area contributed by atoms with E-state index in [1.54, 1.807) is 0 Å². The van der Waals surface area contributed by atoms with E-state index in [1.165, 1.54) is 65.4 Å². The normalized spacial score (nSPS) is 14.4. The summed E-state index contributed by atoms with van der Waals surface area (Å²) in [5.74, 6) is 1.78. The number of fused-ring (bicyclic) bond motifs is 21. The van der Waals surface area contributed by atoms with Crippen LogP contribution in [-0.4, -0.2) is 0 Å². The molecule has 2 spiro atoms. The monoisotopic (exact) mass is 935 g/mol. The van der Waals surface area contributed by atoms with Crippen molar-refractivity contribution in [3.63, 3.8) is 0 Å². The van der Waals surface area contributed by atoms with Gasteiger partial charge in [-0.2, -0.15) is 0 Å². The van der Waals surface area contributed by atoms with E-state index < -0.39 is 10.8 Å². The average molecular weight is 936 g/mol. The second-order valence-corrected chi connectivity index (χ2v) is 20.5. The first kappa shape index (κ1) is 40.0. The Balaban J connectivity index is 0.929. The Hall–Kier alpha value is -8.83. The lowest BCUT2D eigenvalue weighted by Gasteiger charge is -2.40. The minimum absolute atomic E-state index is 0.515. The van der Waals surface area contributed by atoms with Crippen molar-refractivity contribution >= 4 is 50.8 Å². The van der Waals surface area contributed by atoms with Crippen molar-refractivity contribution in [1.82, 2.24) is 0 Å². The molecule has 0 bridgehead atoms. The van der Waals surface area contributed by atoms with Crippen LogP contribution < -0.4 is 9.64 Å². The minimum Gasteiger partial charge on any atom is -0.457 e. The van der Waals surface area contributed by atoms with E-state index in [4.69, 9.17) is 9.15 Å². The summed E-state index contributed by atoms with van der Waals surface area (Å²) in [5, 5.41) is 2.25. The van der Waals surface area contributed by atoms with Crippen molar-refractivity contribution in [1.29, 1.82) is 0 Å². The quantitative estimate of drug-likeness (QED) is 0.176.